The van der Waals surface area contributed by atoms with Gasteiger partial charge in [0.15, 0.2) is 0 Å². The molecule has 34 heavy (non-hydrogen) atoms. The minimum atomic E-state index is -0.864. The molecule has 1 aliphatic heterocycles. The molecule has 0 aliphatic carbocycles. The Morgan fingerprint density at radius 2 is 1.79 bits per heavy atom. The summed E-state index contributed by atoms with van der Waals surface area (Å²) in [5.41, 5.74) is 2.56. The van der Waals surface area contributed by atoms with Crippen LogP contribution in [-0.2, 0) is 20.7 Å². The Bertz CT molecular complexity index is 1140. The Kier molecular flexibility index (Phi) is 7.55. The molecule has 0 bridgehead atoms. The average molecular weight is 527 g/mol. The number of amides is 4. The van der Waals surface area contributed by atoms with Gasteiger partial charge in [0, 0.05) is 46.4 Å². The summed E-state index contributed by atoms with van der Waals surface area (Å²) >= 11 is 3.35. The van der Waals surface area contributed by atoms with E-state index in [-0.39, 0.29) is 18.9 Å². The van der Waals surface area contributed by atoms with Gasteiger partial charge in [-0.2, -0.15) is 0 Å². The van der Waals surface area contributed by atoms with Crippen molar-refractivity contribution in [3.8, 4) is 0 Å². The number of aromatic nitrogens is 2. The number of ether oxygens (including phenoxy) is 1. The number of halogens is 1. The number of hydrogen-bond donors (Lipinski definition) is 4. The molecule has 2 aromatic carbocycles. The van der Waals surface area contributed by atoms with Crippen molar-refractivity contribution in [2.24, 2.45) is 0 Å². The molecule has 11 heteroatoms. The van der Waals surface area contributed by atoms with Gasteiger partial charge >= 0.3 is 6.03 Å². The molecule has 3 aromatic rings. The summed E-state index contributed by atoms with van der Waals surface area (Å²) in [6.07, 6.45) is 3.33. The lowest BCUT2D eigenvalue weighted by Crippen LogP contribution is -2.47. The first-order valence-corrected chi connectivity index (χ1v) is 11.4. The molecule has 4 N–H and O–H groups in total. The molecule has 4 rings (SSSR count). The first-order chi connectivity index (χ1) is 16.5. The molecule has 2 heterocycles. The van der Waals surface area contributed by atoms with E-state index >= 15 is 0 Å². The number of anilines is 3. The minimum absolute atomic E-state index is 0.0573. The van der Waals surface area contributed by atoms with E-state index in [1.165, 1.54) is 6.33 Å². The van der Waals surface area contributed by atoms with E-state index in [4.69, 9.17) is 4.74 Å². The quantitative estimate of drug-likeness (QED) is 0.376. The molecule has 1 saturated heterocycles. The topological polar surface area (TPSA) is 128 Å². The Hall–Kier alpha value is -3.70. The van der Waals surface area contributed by atoms with Crippen LogP contribution in [0.3, 0.4) is 0 Å². The Balaban J connectivity index is 1.42. The monoisotopic (exact) mass is 526 g/mol. The molecular formula is C23H23BrN6O4. The number of morpholine rings is 1. The molecule has 0 saturated carbocycles. The van der Waals surface area contributed by atoms with E-state index < -0.39 is 18.0 Å². The van der Waals surface area contributed by atoms with Crippen molar-refractivity contribution < 1.29 is 19.1 Å². The summed E-state index contributed by atoms with van der Waals surface area (Å²) in [7, 11) is 0. The van der Waals surface area contributed by atoms with E-state index in [1.54, 1.807) is 59.6 Å². The van der Waals surface area contributed by atoms with Crippen LogP contribution in [0.1, 0.15) is 5.69 Å². The van der Waals surface area contributed by atoms with Crippen LogP contribution in [0.25, 0.3) is 0 Å². The molecule has 1 fully saturated rings. The molecule has 0 radical (unpaired) electrons. The standard InChI is InChI=1S/C23H23BrN6O4/c24-15-1-3-17(4-2-15)28-23(33)29-20(11-18-12-25-14-26-18)22(32)27-16-5-7-19(8-6-16)30-9-10-34-13-21(30)31/h1-8,12,14,20H,9-11,13H2,(H,25,26)(H,27,32)(H2,28,29,33). The highest BCUT2D eigenvalue weighted by Crippen LogP contribution is 2.20. The summed E-state index contributed by atoms with van der Waals surface area (Å²) < 4.78 is 6.04. The minimum Gasteiger partial charge on any atom is -0.370 e. The second-order valence-electron chi connectivity index (χ2n) is 7.57. The number of hydrogen-bond acceptors (Lipinski definition) is 5. The average Bonchev–Trinajstić information content (AvgIpc) is 3.34. The number of imidazole rings is 1. The van der Waals surface area contributed by atoms with Crippen LogP contribution in [-0.4, -0.2) is 53.6 Å². The van der Waals surface area contributed by atoms with Gasteiger partial charge in [-0.25, -0.2) is 9.78 Å². The number of carbonyl (C=O) groups is 3. The highest BCUT2D eigenvalue weighted by atomic mass is 79.9. The van der Waals surface area contributed by atoms with Crippen LogP contribution in [0.2, 0.25) is 0 Å². The molecular weight excluding hydrogens is 504 g/mol. The van der Waals surface area contributed by atoms with E-state index in [2.05, 4.69) is 41.8 Å². The predicted octanol–water partition coefficient (Wildman–Crippen LogP) is 2.91. The second kappa shape index (κ2) is 10.9. The molecule has 4 amide bonds. The third-order valence-corrected chi connectivity index (χ3v) is 5.66. The van der Waals surface area contributed by atoms with Crippen molar-refractivity contribution >= 4 is 50.8 Å². The van der Waals surface area contributed by atoms with Crippen LogP contribution in [0, 0.1) is 0 Å². The van der Waals surface area contributed by atoms with E-state index in [1.807, 2.05) is 0 Å². The van der Waals surface area contributed by atoms with Crippen LogP contribution in [0.15, 0.2) is 65.5 Å². The molecule has 10 nitrogen and oxygen atoms in total. The number of H-pyrrole nitrogens is 1. The number of benzene rings is 2. The highest BCUT2D eigenvalue weighted by molar-refractivity contribution is 9.10. The molecule has 1 aromatic heterocycles. The molecule has 1 aliphatic rings. The van der Waals surface area contributed by atoms with Crippen molar-refractivity contribution in [3.05, 3.63) is 71.2 Å². The molecule has 0 spiro atoms. The zero-order valence-corrected chi connectivity index (χ0v) is 19.7. The predicted molar refractivity (Wildman–Crippen MR) is 131 cm³/mol. The lowest BCUT2D eigenvalue weighted by atomic mass is 10.1. The maximum Gasteiger partial charge on any atom is 0.319 e. The Morgan fingerprint density at radius 1 is 1.09 bits per heavy atom. The summed E-state index contributed by atoms with van der Waals surface area (Å²) in [6, 6.07) is 12.7. The van der Waals surface area contributed by atoms with Gasteiger partial charge in [-0.05, 0) is 48.5 Å². The normalized spacial score (nSPS) is 14.4. The van der Waals surface area contributed by atoms with E-state index in [0.29, 0.717) is 30.2 Å². The van der Waals surface area contributed by atoms with Gasteiger partial charge in [0.2, 0.25) is 5.91 Å². The van der Waals surface area contributed by atoms with Gasteiger partial charge in [-0.1, -0.05) is 15.9 Å². The Labute approximate surface area is 204 Å². The lowest BCUT2D eigenvalue weighted by molar-refractivity contribution is -0.125. The first-order valence-electron chi connectivity index (χ1n) is 10.6. The number of nitrogens with one attached hydrogen (secondary N) is 4. The van der Waals surface area contributed by atoms with Crippen molar-refractivity contribution in [2.45, 2.75) is 12.5 Å². The third kappa shape index (κ3) is 6.21. The fourth-order valence-corrected chi connectivity index (χ4v) is 3.69. The van der Waals surface area contributed by atoms with Gasteiger partial charge in [-0.3, -0.25) is 9.59 Å². The first kappa shape index (κ1) is 23.5. The zero-order valence-electron chi connectivity index (χ0n) is 18.1. The van der Waals surface area contributed by atoms with E-state index in [0.717, 1.165) is 10.2 Å². The lowest BCUT2D eigenvalue weighted by Gasteiger charge is -2.27. The number of urea groups is 1. The van der Waals surface area contributed by atoms with Crippen molar-refractivity contribution in [1.29, 1.82) is 0 Å². The zero-order chi connectivity index (χ0) is 23.9. The second-order valence-corrected chi connectivity index (χ2v) is 8.49. The highest BCUT2D eigenvalue weighted by Gasteiger charge is 2.23. The van der Waals surface area contributed by atoms with E-state index in [9.17, 15) is 14.4 Å². The third-order valence-electron chi connectivity index (χ3n) is 5.14. The van der Waals surface area contributed by atoms with Crippen LogP contribution >= 0.6 is 15.9 Å². The van der Waals surface area contributed by atoms with Gasteiger partial charge in [0.1, 0.15) is 12.6 Å². The fraction of sp³-hybridized carbons (Fsp3) is 0.217. The number of aromatic amines is 1. The SMILES string of the molecule is O=C(Nc1ccc(Br)cc1)NC(Cc1cnc[nH]1)C(=O)Nc1ccc(N2CCOCC2=O)cc1. The summed E-state index contributed by atoms with van der Waals surface area (Å²) in [4.78, 5) is 46.2. The number of rotatable bonds is 7. The van der Waals surface area contributed by atoms with Crippen LogP contribution < -0.4 is 20.9 Å². The maximum atomic E-state index is 13.0. The van der Waals surface area contributed by atoms with Crippen molar-refractivity contribution in [1.82, 2.24) is 15.3 Å². The molecule has 1 unspecified atom stereocenters. The number of nitrogens with zero attached hydrogens (tertiary/aromatic N) is 2. The van der Waals surface area contributed by atoms with Gasteiger partial charge in [-0.15, -0.1) is 0 Å². The Morgan fingerprint density at radius 3 is 2.47 bits per heavy atom. The van der Waals surface area contributed by atoms with Crippen molar-refractivity contribution in [2.75, 3.05) is 35.3 Å². The summed E-state index contributed by atoms with van der Waals surface area (Å²) in [5, 5.41) is 8.26. The van der Waals surface area contributed by atoms with Gasteiger partial charge < -0.3 is 30.6 Å². The fourth-order valence-electron chi connectivity index (χ4n) is 3.43. The maximum absolute atomic E-state index is 13.0. The van der Waals surface area contributed by atoms with Gasteiger partial charge in [0.25, 0.3) is 5.91 Å². The van der Waals surface area contributed by atoms with Crippen molar-refractivity contribution in [3.63, 3.8) is 0 Å². The van der Waals surface area contributed by atoms with Crippen LogP contribution in [0.4, 0.5) is 21.9 Å². The smallest absolute Gasteiger partial charge is 0.319 e. The van der Waals surface area contributed by atoms with Crippen LogP contribution in [0.5, 0.6) is 0 Å². The summed E-state index contributed by atoms with van der Waals surface area (Å²) in [5.74, 6) is -0.501. The number of carbonyl (C=O) groups excluding carboxylic acids is 3. The van der Waals surface area contributed by atoms with Gasteiger partial charge in [0.05, 0.1) is 12.9 Å². The summed E-state index contributed by atoms with van der Waals surface area (Å²) in [6.45, 7) is 1.02. The molecule has 1 atom stereocenters. The molecule has 176 valence electrons. The largest absolute Gasteiger partial charge is 0.370 e.